The smallest absolute Gasteiger partial charge is 0.254 e. The van der Waals surface area contributed by atoms with Gasteiger partial charge in [0.15, 0.2) is 6.29 Å². The lowest BCUT2D eigenvalue weighted by atomic mass is 9.98. The standard InChI is InChI=1S/C26H32N2O4/c29-18-23-24(30)11-7-12-25(23)32-19-21-9-3-4-16-28(21)26(31)22-10-2-1-8-20(22)13-17-27-14-5-6-15-27/h1-2,7-8,10-12,18,21,30H,3-6,9,13-17,19H2/t21-/m0/s1. The highest BCUT2D eigenvalue weighted by atomic mass is 16.5. The lowest BCUT2D eigenvalue weighted by Gasteiger charge is -2.36. The normalized spacial score (nSPS) is 19.1. The molecule has 2 heterocycles. The van der Waals surface area contributed by atoms with Crippen molar-refractivity contribution < 1.29 is 19.4 Å². The molecule has 2 aliphatic heterocycles. The van der Waals surface area contributed by atoms with Gasteiger partial charge in [0.2, 0.25) is 0 Å². The number of carbonyl (C=O) groups excluding carboxylic acids is 2. The van der Waals surface area contributed by atoms with Gasteiger partial charge < -0.3 is 19.6 Å². The molecule has 0 aromatic heterocycles. The van der Waals surface area contributed by atoms with Gasteiger partial charge in [-0.15, -0.1) is 0 Å². The van der Waals surface area contributed by atoms with Gasteiger partial charge in [0.1, 0.15) is 18.1 Å². The highest BCUT2D eigenvalue weighted by Crippen LogP contribution is 2.27. The summed E-state index contributed by atoms with van der Waals surface area (Å²) >= 11 is 0. The Morgan fingerprint density at radius 2 is 1.81 bits per heavy atom. The number of carbonyl (C=O) groups is 2. The molecule has 0 bridgehead atoms. The molecule has 2 aromatic rings. The van der Waals surface area contributed by atoms with Crippen LogP contribution in [0, 0.1) is 0 Å². The Morgan fingerprint density at radius 3 is 2.62 bits per heavy atom. The maximum Gasteiger partial charge on any atom is 0.254 e. The fourth-order valence-corrected chi connectivity index (χ4v) is 4.79. The molecule has 0 radical (unpaired) electrons. The van der Waals surface area contributed by atoms with Crippen LogP contribution in [-0.2, 0) is 6.42 Å². The van der Waals surface area contributed by atoms with Crippen LogP contribution >= 0.6 is 0 Å². The van der Waals surface area contributed by atoms with E-state index in [-0.39, 0.29) is 23.3 Å². The summed E-state index contributed by atoms with van der Waals surface area (Å²) in [6, 6.07) is 12.7. The molecule has 2 aliphatic rings. The summed E-state index contributed by atoms with van der Waals surface area (Å²) in [5, 5.41) is 9.90. The second-order valence-electron chi connectivity index (χ2n) is 8.72. The molecule has 1 amide bonds. The Balaban J connectivity index is 1.46. The molecule has 6 heteroatoms. The van der Waals surface area contributed by atoms with E-state index < -0.39 is 0 Å². The van der Waals surface area contributed by atoms with E-state index in [1.807, 2.05) is 23.1 Å². The molecule has 4 rings (SSSR count). The average Bonchev–Trinajstić information content (AvgIpc) is 3.35. The van der Waals surface area contributed by atoms with E-state index in [0.29, 0.717) is 25.2 Å². The maximum absolute atomic E-state index is 13.6. The third-order valence-electron chi connectivity index (χ3n) is 6.62. The molecule has 6 nitrogen and oxygen atoms in total. The topological polar surface area (TPSA) is 70.1 Å². The molecular weight excluding hydrogens is 404 g/mol. The van der Waals surface area contributed by atoms with Crippen molar-refractivity contribution >= 4 is 12.2 Å². The molecular formula is C26H32N2O4. The van der Waals surface area contributed by atoms with Crippen molar-refractivity contribution in [3.05, 3.63) is 59.2 Å². The minimum Gasteiger partial charge on any atom is -0.507 e. The number of likely N-dealkylation sites (tertiary alicyclic amines) is 2. The van der Waals surface area contributed by atoms with Crippen molar-refractivity contribution in [2.45, 2.75) is 44.6 Å². The van der Waals surface area contributed by atoms with Gasteiger partial charge in [-0.2, -0.15) is 0 Å². The number of aromatic hydroxyl groups is 1. The van der Waals surface area contributed by atoms with E-state index in [0.717, 1.165) is 56.4 Å². The molecule has 32 heavy (non-hydrogen) atoms. The summed E-state index contributed by atoms with van der Waals surface area (Å²) < 4.78 is 5.92. The Labute approximate surface area is 189 Å². The molecule has 1 N–H and O–H groups in total. The van der Waals surface area contributed by atoms with Crippen LogP contribution in [0.5, 0.6) is 11.5 Å². The predicted molar refractivity (Wildman–Crippen MR) is 123 cm³/mol. The van der Waals surface area contributed by atoms with Gasteiger partial charge in [0.25, 0.3) is 5.91 Å². The zero-order valence-corrected chi connectivity index (χ0v) is 18.5. The van der Waals surface area contributed by atoms with Crippen LogP contribution in [0.25, 0.3) is 0 Å². The van der Waals surface area contributed by atoms with Crippen LogP contribution in [0.1, 0.15) is 58.4 Å². The van der Waals surface area contributed by atoms with Gasteiger partial charge in [-0.05, 0) is 75.4 Å². The molecule has 0 unspecified atom stereocenters. The van der Waals surface area contributed by atoms with Crippen LogP contribution in [-0.4, -0.2) is 65.9 Å². The van der Waals surface area contributed by atoms with E-state index in [1.54, 1.807) is 12.1 Å². The average molecular weight is 437 g/mol. The molecule has 2 aromatic carbocycles. The second kappa shape index (κ2) is 10.6. The highest BCUT2D eigenvalue weighted by Gasteiger charge is 2.29. The number of phenols is 1. The number of benzene rings is 2. The summed E-state index contributed by atoms with van der Waals surface area (Å²) in [7, 11) is 0. The third-order valence-corrected chi connectivity index (χ3v) is 6.62. The number of hydrogen-bond donors (Lipinski definition) is 1. The van der Waals surface area contributed by atoms with Gasteiger partial charge in [0, 0.05) is 18.7 Å². The summed E-state index contributed by atoms with van der Waals surface area (Å²) in [5.74, 6) is 0.312. The Kier molecular flexibility index (Phi) is 7.43. The number of piperidine rings is 1. The first-order valence-corrected chi connectivity index (χ1v) is 11.7. The zero-order valence-electron chi connectivity index (χ0n) is 18.5. The quantitative estimate of drug-likeness (QED) is 0.635. The van der Waals surface area contributed by atoms with Crippen molar-refractivity contribution in [1.82, 2.24) is 9.80 Å². The van der Waals surface area contributed by atoms with Gasteiger partial charge in [-0.1, -0.05) is 24.3 Å². The summed E-state index contributed by atoms with van der Waals surface area (Å²) in [5.41, 5.74) is 2.03. The van der Waals surface area contributed by atoms with Gasteiger partial charge in [-0.3, -0.25) is 9.59 Å². The first kappa shape index (κ1) is 22.3. The van der Waals surface area contributed by atoms with Crippen molar-refractivity contribution in [3.8, 4) is 11.5 Å². The SMILES string of the molecule is O=Cc1c(O)cccc1OC[C@@H]1CCCCN1C(=O)c1ccccc1CCN1CCCC1. The van der Waals surface area contributed by atoms with E-state index in [1.165, 1.54) is 18.9 Å². The van der Waals surface area contributed by atoms with Crippen molar-refractivity contribution in [2.75, 3.05) is 32.8 Å². The molecule has 0 aliphatic carbocycles. The summed E-state index contributed by atoms with van der Waals surface area (Å²) in [6.45, 7) is 4.29. The minimum atomic E-state index is -0.0963. The Bertz CT molecular complexity index is 939. The van der Waals surface area contributed by atoms with Crippen LogP contribution in [0.4, 0.5) is 0 Å². The van der Waals surface area contributed by atoms with Gasteiger partial charge in [-0.25, -0.2) is 0 Å². The molecule has 0 saturated carbocycles. The number of amides is 1. The fraction of sp³-hybridized carbons (Fsp3) is 0.462. The Hall–Kier alpha value is -2.86. The minimum absolute atomic E-state index is 0.0573. The van der Waals surface area contributed by atoms with E-state index in [2.05, 4.69) is 11.0 Å². The number of rotatable bonds is 8. The second-order valence-corrected chi connectivity index (χ2v) is 8.72. The van der Waals surface area contributed by atoms with Gasteiger partial charge in [0.05, 0.1) is 11.6 Å². The van der Waals surface area contributed by atoms with Crippen molar-refractivity contribution in [2.24, 2.45) is 0 Å². The number of aldehydes is 1. The van der Waals surface area contributed by atoms with E-state index >= 15 is 0 Å². The largest absolute Gasteiger partial charge is 0.507 e. The predicted octanol–water partition coefficient (Wildman–Crippen LogP) is 3.92. The molecule has 170 valence electrons. The fourth-order valence-electron chi connectivity index (χ4n) is 4.79. The number of nitrogens with zero attached hydrogens (tertiary/aromatic N) is 2. The van der Waals surface area contributed by atoms with Crippen molar-refractivity contribution in [1.29, 1.82) is 0 Å². The van der Waals surface area contributed by atoms with E-state index in [4.69, 9.17) is 4.74 Å². The molecule has 0 spiro atoms. The summed E-state index contributed by atoms with van der Waals surface area (Å²) in [4.78, 5) is 29.3. The number of phenolic OH excluding ortho intramolecular Hbond substituents is 1. The zero-order chi connectivity index (χ0) is 22.3. The van der Waals surface area contributed by atoms with Crippen LogP contribution in [0.3, 0.4) is 0 Å². The van der Waals surface area contributed by atoms with Crippen LogP contribution in [0.15, 0.2) is 42.5 Å². The molecule has 1 atom stereocenters. The number of hydrogen-bond acceptors (Lipinski definition) is 5. The molecule has 2 fully saturated rings. The van der Waals surface area contributed by atoms with E-state index in [9.17, 15) is 14.7 Å². The summed E-state index contributed by atoms with van der Waals surface area (Å²) in [6.07, 6.45) is 6.88. The van der Waals surface area contributed by atoms with Crippen LogP contribution < -0.4 is 4.74 Å². The first-order valence-electron chi connectivity index (χ1n) is 11.7. The Morgan fingerprint density at radius 1 is 1.03 bits per heavy atom. The highest BCUT2D eigenvalue weighted by molar-refractivity contribution is 5.96. The number of ether oxygens (including phenoxy) is 1. The lowest BCUT2D eigenvalue weighted by molar-refractivity contribution is 0.0525. The third kappa shape index (κ3) is 5.13. The van der Waals surface area contributed by atoms with Gasteiger partial charge >= 0.3 is 0 Å². The van der Waals surface area contributed by atoms with Crippen molar-refractivity contribution in [3.63, 3.8) is 0 Å². The lowest BCUT2D eigenvalue weighted by Crippen LogP contribution is -2.47. The monoisotopic (exact) mass is 436 g/mol. The molecule has 2 saturated heterocycles. The first-order chi connectivity index (χ1) is 15.7. The van der Waals surface area contributed by atoms with Crippen LogP contribution in [0.2, 0.25) is 0 Å². The maximum atomic E-state index is 13.6.